The molecule has 0 aliphatic rings. The zero-order valence-corrected chi connectivity index (χ0v) is 30.2. The lowest BCUT2D eigenvalue weighted by Gasteiger charge is -2.38. The number of rotatable bonds is 13. The maximum absolute atomic E-state index is 14.5. The summed E-state index contributed by atoms with van der Waals surface area (Å²) in [6.45, 7) is 18.1. The van der Waals surface area contributed by atoms with Crippen molar-refractivity contribution in [3.8, 4) is 0 Å². The molecule has 0 aliphatic heterocycles. The number of carbonyl (C=O) groups is 4. The Morgan fingerprint density at radius 3 is 1.96 bits per heavy atom. The lowest BCUT2D eigenvalue weighted by Crippen LogP contribution is -2.56. The number of ether oxygens (including phenoxy) is 2. The topological polar surface area (TPSA) is 114 Å². The SMILES string of the molecule is CSCCC(NC(=O)OC(C)(C)C)C(=O)N(C(C)C)C(C(=O)NC(Cc1ccccc1)C(=O)OC(C)(C)C)c1ccc(C)c(C)c1. The minimum absolute atomic E-state index is 0.202. The zero-order chi connectivity index (χ0) is 34.8. The number of aryl methyl sites for hydroxylation is 2. The van der Waals surface area contributed by atoms with Crippen molar-refractivity contribution < 1.29 is 28.7 Å². The molecule has 3 unspecified atom stereocenters. The quantitative estimate of drug-likeness (QED) is 0.244. The van der Waals surface area contributed by atoms with E-state index in [2.05, 4.69) is 10.6 Å². The Hall–Kier alpha value is -3.53. The van der Waals surface area contributed by atoms with Crippen molar-refractivity contribution in [3.63, 3.8) is 0 Å². The molecule has 2 aromatic carbocycles. The second-order valence-corrected chi connectivity index (χ2v) is 14.8. The summed E-state index contributed by atoms with van der Waals surface area (Å²) >= 11 is 1.55. The Morgan fingerprint density at radius 1 is 0.826 bits per heavy atom. The molecule has 0 bridgehead atoms. The summed E-state index contributed by atoms with van der Waals surface area (Å²) in [6.07, 6.45) is 1.74. The van der Waals surface area contributed by atoms with Gasteiger partial charge in [0.05, 0.1) is 0 Å². The molecule has 2 N–H and O–H groups in total. The van der Waals surface area contributed by atoms with Crippen LogP contribution >= 0.6 is 11.8 Å². The van der Waals surface area contributed by atoms with Gasteiger partial charge in [0.15, 0.2) is 0 Å². The van der Waals surface area contributed by atoms with Crippen LogP contribution in [0.5, 0.6) is 0 Å². The molecule has 0 fully saturated rings. The van der Waals surface area contributed by atoms with E-state index in [1.807, 2.05) is 82.5 Å². The fourth-order valence-electron chi connectivity index (χ4n) is 4.84. The number of benzene rings is 2. The lowest BCUT2D eigenvalue weighted by molar-refractivity contribution is -0.159. The number of hydrogen-bond donors (Lipinski definition) is 2. The molecule has 0 saturated heterocycles. The van der Waals surface area contributed by atoms with Crippen molar-refractivity contribution in [2.24, 2.45) is 0 Å². The van der Waals surface area contributed by atoms with Crippen LogP contribution in [-0.2, 0) is 30.3 Å². The van der Waals surface area contributed by atoms with Gasteiger partial charge < -0.3 is 25.0 Å². The molecule has 254 valence electrons. The summed E-state index contributed by atoms with van der Waals surface area (Å²) in [5.41, 5.74) is 1.88. The zero-order valence-electron chi connectivity index (χ0n) is 29.4. The van der Waals surface area contributed by atoms with Crippen LogP contribution in [0.4, 0.5) is 4.79 Å². The molecular weight excluding hydrogens is 602 g/mol. The minimum atomic E-state index is -1.11. The first-order valence-corrected chi connectivity index (χ1v) is 17.2. The van der Waals surface area contributed by atoms with Gasteiger partial charge in [0, 0.05) is 12.5 Å². The summed E-state index contributed by atoms with van der Waals surface area (Å²) in [5.74, 6) is -0.935. The second-order valence-electron chi connectivity index (χ2n) is 13.9. The second kappa shape index (κ2) is 16.9. The predicted octanol–water partition coefficient (Wildman–Crippen LogP) is 6.30. The van der Waals surface area contributed by atoms with Crippen LogP contribution in [0.2, 0.25) is 0 Å². The fraction of sp³-hybridized carbons (Fsp3) is 0.556. The highest BCUT2D eigenvalue weighted by Gasteiger charge is 2.39. The van der Waals surface area contributed by atoms with Crippen LogP contribution in [0.15, 0.2) is 48.5 Å². The van der Waals surface area contributed by atoms with Gasteiger partial charge in [0.2, 0.25) is 11.8 Å². The van der Waals surface area contributed by atoms with Gasteiger partial charge in [-0.15, -0.1) is 0 Å². The Labute approximate surface area is 279 Å². The normalized spacial score (nSPS) is 13.7. The summed E-state index contributed by atoms with van der Waals surface area (Å²) < 4.78 is 11.2. The lowest BCUT2D eigenvalue weighted by atomic mass is 9.96. The Bertz CT molecular complexity index is 1330. The molecule has 0 heterocycles. The largest absolute Gasteiger partial charge is 0.458 e. The number of thioether (sulfide) groups is 1. The molecule has 0 aromatic heterocycles. The Balaban J connectivity index is 2.62. The van der Waals surface area contributed by atoms with E-state index in [0.717, 1.165) is 16.7 Å². The van der Waals surface area contributed by atoms with E-state index >= 15 is 0 Å². The minimum Gasteiger partial charge on any atom is -0.458 e. The third-order valence-corrected chi connectivity index (χ3v) is 7.72. The summed E-state index contributed by atoms with van der Waals surface area (Å²) in [7, 11) is 0. The first-order chi connectivity index (χ1) is 21.3. The van der Waals surface area contributed by atoms with Gasteiger partial charge in [-0.1, -0.05) is 48.5 Å². The van der Waals surface area contributed by atoms with Gasteiger partial charge in [-0.2, -0.15) is 11.8 Å². The number of nitrogens with zero attached hydrogens (tertiary/aromatic N) is 1. The highest BCUT2D eigenvalue weighted by molar-refractivity contribution is 7.98. The first-order valence-electron chi connectivity index (χ1n) is 15.8. The standard InChI is InChI=1S/C36H53N3O6S/c1-23(2)39(32(41)28(19-20-46-11)38-34(43)45-36(8,9)10)30(27-18-17-24(3)25(4)21-27)31(40)37-29(33(42)44-35(5,6)7)22-26-15-13-12-14-16-26/h12-18,21,23,28-30H,19-20,22H2,1-11H3,(H,37,40)(H,38,43). The van der Waals surface area contributed by atoms with Crippen LogP contribution < -0.4 is 10.6 Å². The number of carbonyl (C=O) groups excluding carboxylic acids is 4. The van der Waals surface area contributed by atoms with Crippen molar-refractivity contribution in [2.45, 2.75) is 117 Å². The monoisotopic (exact) mass is 655 g/mol. The molecule has 9 nitrogen and oxygen atoms in total. The molecule has 3 atom stereocenters. The van der Waals surface area contributed by atoms with E-state index in [0.29, 0.717) is 17.7 Å². The molecule has 0 aliphatic carbocycles. The summed E-state index contributed by atoms with van der Waals surface area (Å²) in [6, 6.07) is 11.5. The predicted molar refractivity (Wildman–Crippen MR) is 185 cm³/mol. The first kappa shape index (κ1) is 38.7. The number of amides is 3. The van der Waals surface area contributed by atoms with E-state index in [1.54, 1.807) is 53.3 Å². The van der Waals surface area contributed by atoms with Gasteiger partial charge in [-0.05, 0) is 110 Å². The number of esters is 1. The Morgan fingerprint density at radius 2 is 1.43 bits per heavy atom. The summed E-state index contributed by atoms with van der Waals surface area (Å²) in [4.78, 5) is 56.7. The number of nitrogens with one attached hydrogen (secondary N) is 2. The smallest absolute Gasteiger partial charge is 0.408 e. The average molecular weight is 656 g/mol. The maximum Gasteiger partial charge on any atom is 0.408 e. The van der Waals surface area contributed by atoms with Crippen molar-refractivity contribution in [1.29, 1.82) is 0 Å². The van der Waals surface area contributed by atoms with Gasteiger partial charge >= 0.3 is 12.1 Å². The number of alkyl carbamates (subject to hydrolysis) is 1. The maximum atomic E-state index is 14.5. The van der Waals surface area contributed by atoms with Gasteiger partial charge in [-0.25, -0.2) is 9.59 Å². The van der Waals surface area contributed by atoms with Crippen LogP contribution in [0.25, 0.3) is 0 Å². The van der Waals surface area contributed by atoms with Crippen molar-refractivity contribution in [3.05, 3.63) is 70.8 Å². The molecule has 46 heavy (non-hydrogen) atoms. The van der Waals surface area contributed by atoms with Crippen molar-refractivity contribution in [2.75, 3.05) is 12.0 Å². The van der Waals surface area contributed by atoms with Crippen LogP contribution in [0, 0.1) is 13.8 Å². The third kappa shape index (κ3) is 12.3. The molecule has 10 heteroatoms. The fourth-order valence-corrected chi connectivity index (χ4v) is 5.31. The van der Waals surface area contributed by atoms with Crippen LogP contribution in [0.1, 0.15) is 90.1 Å². The van der Waals surface area contributed by atoms with Crippen LogP contribution in [-0.4, -0.2) is 70.1 Å². The van der Waals surface area contributed by atoms with E-state index in [-0.39, 0.29) is 6.42 Å². The molecule has 0 spiro atoms. The van der Waals surface area contributed by atoms with E-state index in [9.17, 15) is 19.2 Å². The van der Waals surface area contributed by atoms with Gasteiger partial charge in [0.1, 0.15) is 29.3 Å². The Kier molecular flexibility index (Phi) is 14.2. The highest BCUT2D eigenvalue weighted by atomic mass is 32.2. The van der Waals surface area contributed by atoms with Gasteiger partial charge in [0.25, 0.3) is 0 Å². The van der Waals surface area contributed by atoms with E-state index in [4.69, 9.17) is 9.47 Å². The molecule has 2 aromatic rings. The van der Waals surface area contributed by atoms with E-state index < -0.39 is 59.2 Å². The van der Waals surface area contributed by atoms with Crippen LogP contribution in [0.3, 0.4) is 0 Å². The van der Waals surface area contributed by atoms with Crippen molar-refractivity contribution >= 4 is 35.6 Å². The third-order valence-electron chi connectivity index (χ3n) is 7.07. The van der Waals surface area contributed by atoms with Gasteiger partial charge in [-0.3, -0.25) is 9.59 Å². The molecule has 3 amide bonds. The molecule has 0 radical (unpaired) electrons. The van der Waals surface area contributed by atoms with Crippen molar-refractivity contribution in [1.82, 2.24) is 15.5 Å². The van der Waals surface area contributed by atoms with E-state index in [1.165, 1.54) is 4.90 Å². The highest BCUT2D eigenvalue weighted by Crippen LogP contribution is 2.28. The average Bonchev–Trinajstić information content (AvgIpc) is 2.93. The molecule has 0 saturated carbocycles. The molecule has 2 rings (SSSR count). The number of hydrogen-bond acceptors (Lipinski definition) is 7. The summed E-state index contributed by atoms with van der Waals surface area (Å²) in [5, 5.41) is 5.70. The molecular formula is C36H53N3O6S.